The van der Waals surface area contributed by atoms with Gasteiger partial charge in [0.05, 0.1) is 7.11 Å². The first-order valence-electron chi connectivity index (χ1n) is 5.69. The standard InChI is InChI=1S/C13H18FNO2/c1-10(11-5-7-12(14)8-6-11)15-9-3-4-13(16)17-2/h5-8,10,15H,3-4,9H2,1-2H3/t10-/m0/s1. The van der Waals surface area contributed by atoms with Crippen LogP contribution in [0.25, 0.3) is 0 Å². The molecule has 0 saturated carbocycles. The molecule has 0 fully saturated rings. The van der Waals surface area contributed by atoms with Crippen LogP contribution in [0.4, 0.5) is 4.39 Å². The molecule has 0 saturated heterocycles. The normalized spacial score (nSPS) is 12.2. The smallest absolute Gasteiger partial charge is 0.305 e. The second-order valence-corrected chi connectivity index (χ2v) is 3.91. The molecule has 0 heterocycles. The largest absolute Gasteiger partial charge is 0.469 e. The third-order valence-electron chi connectivity index (χ3n) is 2.61. The number of carbonyl (C=O) groups is 1. The highest BCUT2D eigenvalue weighted by atomic mass is 19.1. The van der Waals surface area contributed by atoms with Gasteiger partial charge >= 0.3 is 5.97 Å². The number of hydrogen-bond donors (Lipinski definition) is 1. The first kappa shape index (κ1) is 13.6. The number of benzene rings is 1. The van der Waals surface area contributed by atoms with E-state index in [2.05, 4.69) is 10.1 Å². The monoisotopic (exact) mass is 239 g/mol. The lowest BCUT2D eigenvalue weighted by Crippen LogP contribution is -2.20. The van der Waals surface area contributed by atoms with Gasteiger partial charge in [-0.15, -0.1) is 0 Å². The second kappa shape index (κ2) is 7.01. The van der Waals surface area contributed by atoms with Gasteiger partial charge in [0.1, 0.15) is 5.82 Å². The zero-order valence-electron chi connectivity index (χ0n) is 10.2. The Morgan fingerprint density at radius 3 is 2.65 bits per heavy atom. The van der Waals surface area contributed by atoms with Gasteiger partial charge in [-0.3, -0.25) is 4.79 Å². The van der Waals surface area contributed by atoms with E-state index in [9.17, 15) is 9.18 Å². The van der Waals surface area contributed by atoms with Crippen molar-refractivity contribution in [2.24, 2.45) is 0 Å². The van der Waals surface area contributed by atoms with Crippen LogP contribution in [-0.2, 0) is 9.53 Å². The Balaban J connectivity index is 2.27. The second-order valence-electron chi connectivity index (χ2n) is 3.91. The van der Waals surface area contributed by atoms with Crippen LogP contribution < -0.4 is 5.32 Å². The van der Waals surface area contributed by atoms with Crippen molar-refractivity contribution in [1.82, 2.24) is 5.32 Å². The van der Waals surface area contributed by atoms with Crippen LogP contribution in [0, 0.1) is 5.82 Å². The number of halogens is 1. The van der Waals surface area contributed by atoms with Crippen LogP contribution in [0.15, 0.2) is 24.3 Å². The van der Waals surface area contributed by atoms with Crippen LogP contribution in [0.5, 0.6) is 0 Å². The summed E-state index contributed by atoms with van der Waals surface area (Å²) in [6.07, 6.45) is 1.15. The molecule has 94 valence electrons. The molecular weight excluding hydrogens is 221 g/mol. The van der Waals surface area contributed by atoms with E-state index in [1.807, 2.05) is 6.92 Å². The molecule has 0 spiro atoms. The number of esters is 1. The van der Waals surface area contributed by atoms with Gasteiger partial charge in [-0.05, 0) is 37.6 Å². The highest BCUT2D eigenvalue weighted by Crippen LogP contribution is 2.12. The number of methoxy groups -OCH3 is 1. The average Bonchev–Trinajstić information content (AvgIpc) is 2.34. The minimum Gasteiger partial charge on any atom is -0.469 e. The predicted octanol–water partition coefficient (Wildman–Crippen LogP) is 2.43. The maximum Gasteiger partial charge on any atom is 0.305 e. The zero-order valence-corrected chi connectivity index (χ0v) is 10.2. The fourth-order valence-electron chi connectivity index (χ4n) is 1.52. The molecule has 0 bridgehead atoms. The van der Waals surface area contributed by atoms with Crippen molar-refractivity contribution in [2.45, 2.75) is 25.8 Å². The van der Waals surface area contributed by atoms with Crippen LogP contribution in [0.3, 0.4) is 0 Å². The van der Waals surface area contributed by atoms with Gasteiger partial charge in [0.2, 0.25) is 0 Å². The summed E-state index contributed by atoms with van der Waals surface area (Å²) in [4.78, 5) is 10.9. The minimum atomic E-state index is -0.230. The topological polar surface area (TPSA) is 38.3 Å². The molecule has 0 radical (unpaired) electrons. The highest BCUT2D eigenvalue weighted by molar-refractivity contribution is 5.69. The first-order chi connectivity index (χ1) is 8.13. The van der Waals surface area contributed by atoms with Crippen molar-refractivity contribution in [3.05, 3.63) is 35.6 Å². The summed E-state index contributed by atoms with van der Waals surface area (Å²) < 4.78 is 17.3. The number of carbonyl (C=O) groups excluding carboxylic acids is 1. The van der Waals surface area contributed by atoms with Gasteiger partial charge in [-0.2, -0.15) is 0 Å². The van der Waals surface area contributed by atoms with Crippen LogP contribution >= 0.6 is 0 Å². The molecule has 1 N–H and O–H groups in total. The van der Waals surface area contributed by atoms with Crippen LogP contribution in [0.1, 0.15) is 31.4 Å². The third kappa shape index (κ3) is 4.95. The molecule has 0 aliphatic rings. The van der Waals surface area contributed by atoms with Crippen molar-refractivity contribution >= 4 is 5.97 Å². The summed E-state index contributed by atoms with van der Waals surface area (Å²) in [6.45, 7) is 2.74. The molecule has 0 aliphatic carbocycles. The Morgan fingerprint density at radius 2 is 2.06 bits per heavy atom. The number of nitrogens with one attached hydrogen (secondary N) is 1. The summed E-state index contributed by atoms with van der Waals surface area (Å²) in [7, 11) is 1.39. The average molecular weight is 239 g/mol. The van der Waals surface area contributed by atoms with E-state index < -0.39 is 0 Å². The predicted molar refractivity (Wildman–Crippen MR) is 64.1 cm³/mol. The third-order valence-corrected chi connectivity index (χ3v) is 2.61. The van der Waals surface area contributed by atoms with Crippen molar-refractivity contribution in [3.63, 3.8) is 0 Å². The molecule has 0 aliphatic heterocycles. The summed E-state index contributed by atoms with van der Waals surface area (Å²) in [5.41, 5.74) is 1.03. The lowest BCUT2D eigenvalue weighted by Gasteiger charge is -2.13. The summed E-state index contributed by atoms with van der Waals surface area (Å²) in [6, 6.07) is 6.55. The number of ether oxygens (including phenoxy) is 1. The Bertz CT molecular complexity index is 351. The quantitative estimate of drug-likeness (QED) is 0.612. The summed E-state index contributed by atoms with van der Waals surface area (Å²) in [5, 5.41) is 3.27. The lowest BCUT2D eigenvalue weighted by molar-refractivity contribution is -0.140. The van der Waals surface area contributed by atoms with Crippen molar-refractivity contribution in [2.75, 3.05) is 13.7 Å². The molecule has 0 aromatic heterocycles. The SMILES string of the molecule is COC(=O)CCCN[C@@H](C)c1ccc(F)cc1. The van der Waals surface area contributed by atoms with Crippen LogP contribution in [0.2, 0.25) is 0 Å². The molecule has 17 heavy (non-hydrogen) atoms. The molecule has 0 amide bonds. The Kier molecular flexibility index (Phi) is 5.63. The van der Waals surface area contributed by atoms with E-state index in [0.29, 0.717) is 6.42 Å². The van der Waals surface area contributed by atoms with Gasteiger partial charge in [0, 0.05) is 12.5 Å². The minimum absolute atomic E-state index is 0.147. The number of hydrogen-bond acceptors (Lipinski definition) is 3. The van der Waals surface area contributed by atoms with E-state index in [4.69, 9.17) is 0 Å². The lowest BCUT2D eigenvalue weighted by atomic mass is 10.1. The Morgan fingerprint density at radius 1 is 1.41 bits per heavy atom. The molecule has 1 rings (SSSR count). The molecule has 4 heteroatoms. The van der Waals surface area contributed by atoms with Gasteiger partial charge < -0.3 is 10.1 Å². The molecule has 1 atom stereocenters. The Labute approximate surface area is 101 Å². The Hall–Kier alpha value is -1.42. The maximum absolute atomic E-state index is 12.7. The molecule has 3 nitrogen and oxygen atoms in total. The highest BCUT2D eigenvalue weighted by Gasteiger charge is 2.05. The van der Waals surface area contributed by atoms with Gasteiger partial charge in [0.25, 0.3) is 0 Å². The number of rotatable bonds is 6. The maximum atomic E-state index is 12.7. The van der Waals surface area contributed by atoms with E-state index in [1.54, 1.807) is 12.1 Å². The molecule has 0 unspecified atom stereocenters. The van der Waals surface area contributed by atoms with E-state index in [-0.39, 0.29) is 17.8 Å². The van der Waals surface area contributed by atoms with Crippen LogP contribution in [-0.4, -0.2) is 19.6 Å². The van der Waals surface area contributed by atoms with Gasteiger partial charge in [-0.1, -0.05) is 12.1 Å². The van der Waals surface area contributed by atoms with Gasteiger partial charge in [0.15, 0.2) is 0 Å². The van der Waals surface area contributed by atoms with Crippen molar-refractivity contribution < 1.29 is 13.9 Å². The first-order valence-corrected chi connectivity index (χ1v) is 5.69. The zero-order chi connectivity index (χ0) is 12.7. The van der Waals surface area contributed by atoms with E-state index in [0.717, 1.165) is 18.5 Å². The summed E-state index contributed by atoms with van der Waals surface area (Å²) >= 11 is 0. The summed E-state index contributed by atoms with van der Waals surface area (Å²) in [5.74, 6) is -0.423. The molecule has 1 aromatic rings. The fraction of sp³-hybridized carbons (Fsp3) is 0.462. The molecular formula is C13H18FNO2. The van der Waals surface area contributed by atoms with Crippen molar-refractivity contribution in [3.8, 4) is 0 Å². The van der Waals surface area contributed by atoms with Gasteiger partial charge in [-0.25, -0.2) is 4.39 Å². The van der Waals surface area contributed by atoms with Crippen molar-refractivity contribution in [1.29, 1.82) is 0 Å². The van der Waals surface area contributed by atoms with E-state index in [1.165, 1.54) is 19.2 Å². The molecule has 1 aromatic carbocycles. The fourth-order valence-corrected chi connectivity index (χ4v) is 1.52. The van der Waals surface area contributed by atoms with E-state index >= 15 is 0 Å².